The lowest BCUT2D eigenvalue weighted by Gasteiger charge is -2.38. The molecule has 0 heterocycles. The first kappa shape index (κ1) is 21.1. The molecule has 0 aromatic heterocycles. The highest BCUT2D eigenvalue weighted by molar-refractivity contribution is 7.97. The Hall–Kier alpha value is -0.910. The maximum Gasteiger partial charge on any atom is 0.471 e. The molecular formula is C9H18F3N5O3PS+. The van der Waals surface area contributed by atoms with Crippen LogP contribution in [0, 0.1) is 0 Å². The third kappa shape index (κ3) is 6.07. The number of rotatable bonds is 8. The van der Waals surface area contributed by atoms with Crippen LogP contribution in [0.5, 0.6) is 0 Å². The summed E-state index contributed by atoms with van der Waals surface area (Å²) >= 11 is 4.89. The Morgan fingerprint density at radius 3 is 1.77 bits per heavy atom. The average Bonchev–Trinajstić information content (AvgIpc) is 2.31. The van der Waals surface area contributed by atoms with Crippen molar-refractivity contribution < 1.29 is 27.9 Å². The van der Waals surface area contributed by atoms with E-state index in [1.165, 1.54) is 38.2 Å². The maximum absolute atomic E-state index is 12.8. The number of carbonyl (C=O) groups excluding carboxylic acids is 1. The van der Waals surface area contributed by atoms with Crippen LogP contribution in [0.4, 0.5) is 13.2 Å². The Balaban J connectivity index is 5.95. The van der Waals surface area contributed by atoms with Crippen LogP contribution in [0.1, 0.15) is 0 Å². The van der Waals surface area contributed by atoms with Crippen molar-refractivity contribution in [2.75, 3.05) is 34.7 Å². The first-order valence-electron chi connectivity index (χ1n) is 5.76. The molecule has 13 heteroatoms. The van der Waals surface area contributed by atoms with Crippen LogP contribution >= 0.6 is 7.36 Å². The van der Waals surface area contributed by atoms with Crippen molar-refractivity contribution in [3.05, 3.63) is 0 Å². The van der Waals surface area contributed by atoms with Crippen LogP contribution in [-0.4, -0.2) is 78.3 Å². The molecule has 1 atom stereocenters. The zero-order valence-corrected chi connectivity index (χ0v) is 14.2. The first-order valence-corrected chi connectivity index (χ1v) is 7.89. The number of nitrogens with one attached hydrogen (secondary N) is 2. The summed E-state index contributed by atoms with van der Waals surface area (Å²) in [4.78, 5) is 22.7. The first-order chi connectivity index (χ1) is 9.85. The Kier molecular flexibility index (Phi) is 7.75. The average molecular weight is 364 g/mol. The number of carbonyl (C=O) groups is 2. The van der Waals surface area contributed by atoms with Gasteiger partial charge in [-0.15, -0.1) is 0 Å². The van der Waals surface area contributed by atoms with E-state index >= 15 is 0 Å². The molecule has 0 fully saturated rings. The van der Waals surface area contributed by atoms with E-state index in [9.17, 15) is 22.8 Å². The molecule has 128 valence electrons. The Morgan fingerprint density at radius 2 is 1.55 bits per heavy atom. The number of hydrogen-bond donors (Lipinski definition) is 3. The van der Waals surface area contributed by atoms with Gasteiger partial charge in [0.15, 0.2) is 11.8 Å². The predicted octanol–water partition coefficient (Wildman–Crippen LogP) is -0.654. The molecule has 22 heavy (non-hydrogen) atoms. The standard InChI is InChI=1S/C9H17F3N5O3PS/c1-15(2)13-9(21-22,14-16(3)4)17(5-6(18)19)7(20)8(10,11)12/h13-14H,5H2,1-4H3,(H,18,19)/p+1. The second-order valence-electron chi connectivity index (χ2n) is 4.61. The van der Waals surface area contributed by atoms with Crippen molar-refractivity contribution in [1.29, 1.82) is 0 Å². The number of nitrogens with zero attached hydrogens (tertiary/aromatic N) is 3. The summed E-state index contributed by atoms with van der Waals surface area (Å²) in [6.07, 6.45) is -5.24. The molecule has 0 aromatic carbocycles. The summed E-state index contributed by atoms with van der Waals surface area (Å²) in [6, 6.07) is 0. The summed E-state index contributed by atoms with van der Waals surface area (Å²) in [5, 5.41) is 11.4. The quantitative estimate of drug-likeness (QED) is 0.297. The highest BCUT2D eigenvalue weighted by Crippen LogP contribution is 2.28. The van der Waals surface area contributed by atoms with Gasteiger partial charge in [-0.1, -0.05) is 0 Å². The van der Waals surface area contributed by atoms with Crippen molar-refractivity contribution in [3.8, 4) is 0 Å². The minimum Gasteiger partial charge on any atom is -0.480 e. The minimum absolute atomic E-state index is 0.126. The molecular weight excluding hydrogens is 346 g/mol. The number of alkyl halides is 3. The summed E-state index contributed by atoms with van der Waals surface area (Å²) < 4.78 is 38.4. The molecule has 0 aliphatic heterocycles. The zero-order chi connectivity index (χ0) is 17.7. The molecule has 3 N–H and O–H groups in total. The molecule has 8 nitrogen and oxygen atoms in total. The van der Waals surface area contributed by atoms with Crippen LogP contribution in [0.25, 0.3) is 0 Å². The number of hydrogen-bond acceptors (Lipinski definition) is 7. The van der Waals surface area contributed by atoms with Gasteiger partial charge in [0.1, 0.15) is 6.54 Å². The van der Waals surface area contributed by atoms with Gasteiger partial charge in [0.2, 0.25) is 7.36 Å². The predicted molar refractivity (Wildman–Crippen MR) is 77.5 cm³/mol. The normalized spacial score (nSPS) is 13.0. The highest BCUT2D eigenvalue weighted by atomic mass is 32.4. The van der Waals surface area contributed by atoms with Crippen LogP contribution < -0.4 is 10.9 Å². The van der Waals surface area contributed by atoms with Crippen LogP contribution in [-0.2, 0) is 21.4 Å². The van der Waals surface area contributed by atoms with Crippen LogP contribution in [0.15, 0.2) is 0 Å². The van der Waals surface area contributed by atoms with Crippen LogP contribution in [0.2, 0.25) is 0 Å². The highest BCUT2D eigenvalue weighted by Gasteiger charge is 2.55. The second kappa shape index (κ2) is 8.09. The van der Waals surface area contributed by atoms with Crippen LogP contribution in [0.3, 0.4) is 0 Å². The van der Waals surface area contributed by atoms with Gasteiger partial charge < -0.3 is 5.11 Å². The topological polar surface area (TPSA) is 88.2 Å². The Bertz CT molecular complexity index is 425. The van der Waals surface area contributed by atoms with E-state index < -0.39 is 37.5 Å². The molecule has 0 aliphatic rings. The van der Waals surface area contributed by atoms with E-state index in [2.05, 4.69) is 10.9 Å². The summed E-state index contributed by atoms with van der Waals surface area (Å²) in [5.74, 6) is -3.91. The van der Waals surface area contributed by atoms with Gasteiger partial charge in [-0.25, -0.2) is 10.0 Å². The van der Waals surface area contributed by atoms with Gasteiger partial charge >= 0.3 is 23.6 Å². The summed E-state index contributed by atoms with van der Waals surface area (Å²) in [7, 11) is 5.16. The van der Waals surface area contributed by atoms with Crippen molar-refractivity contribution in [2.45, 2.75) is 11.7 Å². The van der Waals surface area contributed by atoms with E-state index in [-0.39, 0.29) is 4.90 Å². The monoisotopic (exact) mass is 364 g/mol. The van der Waals surface area contributed by atoms with E-state index in [0.29, 0.717) is 0 Å². The maximum atomic E-state index is 12.8. The van der Waals surface area contributed by atoms with E-state index in [1.54, 1.807) is 0 Å². The zero-order valence-electron chi connectivity index (χ0n) is 12.4. The van der Waals surface area contributed by atoms with Gasteiger partial charge in [0.25, 0.3) is 0 Å². The Morgan fingerprint density at radius 1 is 1.14 bits per heavy atom. The second-order valence-corrected chi connectivity index (χ2v) is 6.15. The largest absolute Gasteiger partial charge is 0.480 e. The molecule has 0 bridgehead atoms. The summed E-state index contributed by atoms with van der Waals surface area (Å²) in [5.41, 5.74) is 3.22. The summed E-state index contributed by atoms with van der Waals surface area (Å²) in [6.45, 7) is -1.18. The number of hydrazine groups is 2. The molecule has 1 amide bonds. The van der Waals surface area contributed by atoms with Crippen molar-refractivity contribution in [3.63, 3.8) is 0 Å². The Labute approximate surface area is 132 Å². The van der Waals surface area contributed by atoms with Crippen molar-refractivity contribution in [1.82, 2.24) is 25.8 Å². The van der Waals surface area contributed by atoms with Gasteiger partial charge in [-0.2, -0.15) is 24.0 Å². The molecule has 0 aromatic rings. The number of aliphatic carboxylic acids is 1. The lowest BCUT2D eigenvalue weighted by molar-refractivity contribution is -0.195. The molecule has 0 aliphatic carbocycles. The molecule has 0 rings (SSSR count). The van der Waals surface area contributed by atoms with Crippen molar-refractivity contribution in [2.24, 2.45) is 0 Å². The number of carboxylic acids is 1. The molecule has 0 radical (unpaired) electrons. The van der Waals surface area contributed by atoms with Gasteiger partial charge in [-0.3, -0.25) is 14.5 Å². The smallest absolute Gasteiger partial charge is 0.471 e. The fourth-order valence-corrected chi connectivity index (χ4v) is 2.96. The van der Waals surface area contributed by atoms with Gasteiger partial charge in [-0.05, 0) is 0 Å². The van der Waals surface area contributed by atoms with E-state index in [1.807, 2.05) is 0 Å². The van der Waals surface area contributed by atoms with Gasteiger partial charge in [0, 0.05) is 28.2 Å². The lowest BCUT2D eigenvalue weighted by Crippen LogP contribution is -2.72. The lowest BCUT2D eigenvalue weighted by atomic mass is 10.4. The van der Waals surface area contributed by atoms with E-state index in [4.69, 9.17) is 16.9 Å². The molecule has 1 unspecified atom stereocenters. The SMILES string of the molecule is CN(C)NC(NN(C)C)([PH+]=S)N(CC(=O)O)C(=O)C(F)(F)F. The number of halogens is 3. The van der Waals surface area contributed by atoms with E-state index in [0.717, 1.165) is 0 Å². The van der Waals surface area contributed by atoms with Crippen molar-refractivity contribution >= 4 is 31.0 Å². The third-order valence-electron chi connectivity index (χ3n) is 2.10. The minimum atomic E-state index is -5.24. The third-order valence-corrected chi connectivity index (χ3v) is 3.78. The molecule has 0 spiro atoms. The number of amides is 1. The fourth-order valence-electron chi connectivity index (χ4n) is 1.52. The number of carboxylic acid groups (broad SMARTS) is 1. The molecule has 0 saturated carbocycles. The fraction of sp³-hybridized carbons (Fsp3) is 0.778. The van der Waals surface area contributed by atoms with Gasteiger partial charge in [0.05, 0.1) is 0 Å². The molecule has 0 saturated heterocycles.